The minimum atomic E-state index is -0.974. The van der Waals surface area contributed by atoms with Crippen molar-refractivity contribution in [1.29, 1.82) is 0 Å². The average Bonchev–Trinajstić information content (AvgIpc) is 2.15. The molecule has 5 nitrogen and oxygen atoms in total. The van der Waals surface area contributed by atoms with E-state index in [4.69, 9.17) is 9.84 Å². The lowest BCUT2D eigenvalue weighted by atomic mass is 10.1. The summed E-state index contributed by atoms with van der Waals surface area (Å²) in [5.74, 6) is -0.726. The van der Waals surface area contributed by atoms with Gasteiger partial charge < -0.3 is 14.7 Å². The second-order valence-corrected chi connectivity index (χ2v) is 4.83. The van der Waals surface area contributed by atoms with Crippen LogP contribution in [0.2, 0.25) is 0 Å². The van der Waals surface area contributed by atoms with Gasteiger partial charge in [0.25, 0.3) is 0 Å². The highest BCUT2D eigenvalue weighted by molar-refractivity contribution is 5.81. The van der Waals surface area contributed by atoms with E-state index in [9.17, 15) is 9.59 Å². The van der Waals surface area contributed by atoms with Gasteiger partial charge in [-0.2, -0.15) is 0 Å². The largest absolute Gasteiger partial charge is 0.480 e. The van der Waals surface area contributed by atoms with Crippen LogP contribution in [0.15, 0.2) is 0 Å². The van der Waals surface area contributed by atoms with Crippen LogP contribution in [0.3, 0.4) is 0 Å². The molecular weight excluding hydrogens is 222 g/mol. The quantitative estimate of drug-likeness (QED) is 0.698. The highest BCUT2D eigenvalue weighted by atomic mass is 16.5. The van der Waals surface area contributed by atoms with Gasteiger partial charge in [-0.05, 0) is 11.8 Å². The molecule has 0 saturated heterocycles. The number of methoxy groups -OCH3 is 1. The van der Waals surface area contributed by atoms with Gasteiger partial charge in [0.1, 0.15) is 6.54 Å². The molecule has 0 aromatic carbocycles. The van der Waals surface area contributed by atoms with Crippen molar-refractivity contribution in [3.63, 3.8) is 0 Å². The summed E-state index contributed by atoms with van der Waals surface area (Å²) in [6.07, 6.45) is 0.327. The standard InChI is InChI=1S/C12H23NO4/c1-9(2)6-13(7-12(15)16)11(14)5-10(3)8-17-4/h9-10H,5-8H2,1-4H3,(H,15,16). The van der Waals surface area contributed by atoms with Crippen LogP contribution in [0.25, 0.3) is 0 Å². The zero-order valence-corrected chi connectivity index (χ0v) is 11.1. The van der Waals surface area contributed by atoms with E-state index in [0.29, 0.717) is 19.6 Å². The van der Waals surface area contributed by atoms with E-state index in [1.807, 2.05) is 20.8 Å². The Balaban J connectivity index is 4.35. The van der Waals surface area contributed by atoms with Crippen molar-refractivity contribution in [2.45, 2.75) is 27.2 Å². The van der Waals surface area contributed by atoms with E-state index >= 15 is 0 Å². The molecule has 1 N–H and O–H groups in total. The Morgan fingerprint density at radius 3 is 2.29 bits per heavy atom. The summed E-state index contributed by atoms with van der Waals surface area (Å²) >= 11 is 0. The Kier molecular flexibility index (Phi) is 7.54. The van der Waals surface area contributed by atoms with Crippen LogP contribution >= 0.6 is 0 Å². The number of aliphatic carboxylic acids is 1. The highest BCUT2D eigenvalue weighted by Crippen LogP contribution is 2.08. The molecule has 0 radical (unpaired) electrons. The molecule has 1 amide bonds. The number of amides is 1. The summed E-state index contributed by atoms with van der Waals surface area (Å²) in [6, 6.07) is 0. The molecule has 0 bridgehead atoms. The van der Waals surface area contributed by atoms with Crippen molar-refractivity contribution >= 4 is 11.9 Å². The van der Waals surface area contributed by atoms with Crippen LogP contribution in [0.1, 0.15) is 27.2 Å². The summed E-state index contributed by atoms with van der Waals surface area (Å²) in [5.41, 5.74) is 0. The lowest BCUT2D eigenvalue weighted by Crippen LogP contribution is -2.39. The number of hydrogen-bond acceptors (Lipinski definition) is 3. The Labute approximate surface area is 103 Å². The number of rotatable bonds is 8. The normalized spacial score (nSPS) is 12.5. The number of carboxylic acid groups (broad SMARTS) is 1. The van der Waals surface area contributed by atoms with E-state index in [-0.39, 0.29) is 24.3 Å². The molecule has 0 aromatic heterocycles. The Morgan fingerprint density at radius 1 is 1.29 bits per heavy atom. The molecule has 0 aliphatic carbocycles. The lowest BCUT2D eigenvalue weighted by molar-refractivity contribution is -0.145. The first kappa shape index (κ1) is 15.9. The van der Waals surface area contributed by atoms with Gasteiger partial charge in [0, 0.05) is 26.7 Å². The van der Waals surface area contributed by atoms with E-state index in [1.54, 1.807) is 7.11 Å². The zero-order chi connectivity index (χ0) is 13.4. The molecule has 0 aliphatic rings. The van der Waals surface area contributed by atoms with Gasteiger partial charge in [-0.3, -0.25) is 9.59 Å². The van der Waals surface area contributed by atoms with Crippen molar-refractivity contribution in [1.82, 2.24) is 4.90 Å². The van der Waals surface area contributed by atoms with E-state index in [2.05, 4.69) is 0 Å². The van der Waals surface area contributed by atoms with Crippen LogP contribution in [0.4, 0.5) is 0 Å². The van der Waals surface area contributed by atoms with Crippen molar-refractivity contribution in [2.75, 3.05) is 26.8 Å². The predicted octanol–water partition coefficient (Wildman–Crippen LogP) is 1.23. The third kappa shape index (κ3) is 7.74. The molecule has 1 unspecified atom stereocenters. The minimum absolute atomic E-state index is 0.107. The molecule has 0 spiro atoms. The van der Waals surface area contributed by atoms with Gasteiger partial charge in [-0.1, -0.05) is 20.8 Å². The summed E-state index contributed by atoms with van der Waals surface area (Å²) in [6.45, 7) is 6.59. The molecule has 1 atom stereocenters. The molecule has 100 valence electrons. The maximum atomic E-state index is 11.9. The number of carbonyl (C=O) groups is 2. The van der Waals surface area contributed by atoms with E-state index in [1.165, 1.54) is 4.90 Å². The van der Waals surface area contributed by atoms with Gasteiger partial charge >= 0.3 is 5.97 Å². The van der Waals surface area contributed by atoms with Crippen LogP contribution in [0, 0.1) is 11.8 Å². The Hall–Kier alpha value is -1.10. The minimum Gasteiger partial charge on any atom is -0.480 e. The highest BCUT2D eigenvalue weighted by Gasteiger charge is 2.19. The molecule has 17 heavy (non-hydrogen) atoms. The molecule has 0 heterocycles. The zero-order valence-electron chi connectivity index (χ0n) is 11.1. The van der Waals surface area contributed by atoms with Gasteiger partial charge in [-0.15, -0.1) is 0 Å². The molecule has 0 aliphatic heterocycles. The van der Waals surface area contributed by atoms with Crippen LogP contribution in [-0.2, 0) is 14.3 Å². The fraction of sp³-hybridized carbons (Fsp3) is 0.833. The monoisotopic (exact) mass is 245 g/mol. The lowest BCUT2D eigenvalue weighted by Gasteiger charge is -2.24. The number of carboxylic acids is 1. The number of nitrogens with zero attached hydrogens (tertiary/aromatic N) is 1. The van der Waals surface area contributed by atoms with Gasteiger partial charge in [0.05, 0.1) is 0 Å². The molecule has 0 fully saturated rings. The number of ether oxygens (including phenoxy) is 1. The van der Waals surface area contributed by atoms with Crippen molar-refractivity contribution < 1.29 is 19.4 Å². The Morgan fingerprint density at radius 2 is 1.88 bits per heavy atom. The first-order valence-electron chi connectivity index (χ1n) is 5.85. The average molecular weight is 245 g/mol. The Bertz CT molecular complexity index is 253. The van der Waals surface area contributed by atoms with E-state index in [0.717, 1.165) is 0 Å². The van der Waals surface area contributed by atoms with Crippen LogP contribution < -0.4 is 0 Å². The maximum Gasteiger partial charge on any atom is 0.323 e. The maximum absolute atomic E-state index is 11.9. The molecule has 0 rings (SSSR count). The number of carbonyl (C=O) groups excluding carboxylic acids is 1. The van der Waals surface area contributed by atoms with Crippen molar-refractivity contribution in [2.24, 2.45) is 11.8 Å². The van der Waals surface area contributed by atoms with E-state index < -0.39 is 5.97 Å². The predicted molar refractivity (Wildman–Crippen MR) is 64.7 cm³/mol. The van der Waals surface area contributed by atoms with Crippen LogP contribution in [0.5, 0.6) is 0 Å². The second kappa shape index (κ2) is 8.06. The van der Waals surface area contributed by atoms with Crippen LogP contribution in [-0.4, -0.2) is 48.7 Å². The molecule has 0 saturated carbocycles. The third-order valence-electron chi connectivity index (χ3n) is 2.24. The van der Waals surface area contributed by atoms with Crippen molar-refractivity contribution in [3.8, 4) is 0 Å². The smallest absolute Gasteiger partial charge is 0.323 e. The summed E-state index contributed by atoms with van der Waals surface area (Å²) < 4.78 is 4.96. The summed E-state index contributed by atoms with van der Waals surface area (Å²) in [7, 11) is 1.59. The second-order valence-electron chi connectivity index (χ2n) is 4.83. The molecule has 0 aromatic rings. The fourth-order valence-corrected chi connectivity index (χ4v) is 1.63. The third-order valence-corrected chi connectivity index (χ3v) is 2.24. The van der Waals surface area contributed by atoms with Crippen molar-refractivity contribution in [3.05, 3.63) is 0 Å². The SMILES string of the molecule is COCC(C)CC(=O)N(CC(=O)O)CC(C)C. The van der Waals surface area contributed by atoms with Gasteiger partial charge in [0.2, 0.25) is 5.91 Å². The van der Waals surface area contributed by atoms with Gasteiger partial charge in [0.15, 0.2) is 0 Å². The molecular formula is C12H23NO4. The molecule has 5 heteroatoms. The van der Waals surface area contributed by atoms with Gasteiger partial charge in [-0.25, -0.2) is 0 Å². The number of hydrogen-bond donors (Lipinski definition) is 1. The first-order valence-corrected chi connectivity index (χ1v) is 5.85. The topological polar surface area (TPSA) is 66.8 Å². The summed E-state index contributed by atoms with van der Waals surface area (Å²) in [5, 5.41) is 8.76. The first-order chi connectivity index (χ1) is 7.86. The summed E-state index contributed by atoms with van der Waals surface area (Å²) in [4.78, 5) is 24.0. The fourth-order valence-electron chi connectivity index (χ4n) is 1.63.